The van der Waals surface area contributed by atoms with Gasteiger partial charge < -0.3 is 20.6 Å². The van der Waals surface area contributed by atoms with Gasteiger partial charge in [-0.25, -0.2) is 4.79 Å². The summed E-state index contributed by atoms with van der Waals surface area (Å²) in [6, 6.07) is -0.175. The Morgan fingerprint density at radius 3 is 2.57 bits per heavy atom. The van der Waals surface area contributed by atoms with E-state index in [-0.39, 0.29) is 11.9 Å². The number of aliphatic hydroxyl groups is 1. The van der Waals surface area contributed by atoms with Gasteiger partial charge in [-0.1, -0.05) is 20.3 Å². The number of piperidine rings is 1. The highest BCUT2D eigenvalue weighted by Crippen LogP contribution is 2.19. The summed E-state index contributed by atoms with van der Waals surface area (Å²) in [7, 11) is 2.16. The van der Waals surface area contributed by atoms with Crippen LogP contribution in [-0.2, 0) is 0 Å². The van der Waals surface area contributed by atoms with Crippen molar-refractivity contribution in [3.8, 4) is 0 Å². The fourth-order valence-corrected chi connectivity index (χ4v) is 2.68. The van der Waals surface area contributed by atoms with Crippen LogP contribution in [-0.4, -0.2) is 54.9 Å². The van der Waals surface area contributed by atoms with E-state index in [0.717, 1.165) is 31.8 Å². The molecule has 124 valence electrons. The van der Waals surface area contributed by atoms with Crippen LogP contribution in [0.25, 0.3) is 0 Å². The van der Waals surface area contributed by atoms with Crippen LogP contribution in [0.5, 0.6) is 0 Å². The van der Waals surface area contributed by atoms with Crippen LogP contribution < -0.4 is 10.6 Å². The molecule has 1 aliphatic rings. The van der Waals surface area contributed by atoms with Crippen molar-refractivity contribution in [2.45, 2.75) is 52.1 Å². The molecular weight excluding hydrogens is 266 g/mol. The summed E-state index contributed by atoms with van der Waals surface area (Å²) in [5.41, 5.74) is -0.847. The Balaban J connectivity index is 2.14. The Bertz CT molecular complexity index is 313. The molecule has 5 heteroatoms. The quantitative estimate of drug-likeness (QED) is 0.672. The standard InChI is InChI=1S/C16H33N3O2/c1-5-13(2)16(3,21)12-18-15(20)17-9-6-14-7-10-19(4)11-8-14/h13-14,21H,5-12H2,1-4H3,(H2,17,18,20). The average Bonchev–Trinajstić information content (AvgIpc) is 2.46. The molecule has 21 heavy (non-hydrogen) atoms. The van der Waals surface area contributed by atoms with E-state index in [2.05, 4.69) is 22.6 Å². The number of rotatable bonds is 7. The Morgan fingerprint density at radius 2 is 2.00 bits per heavy atom. The van der Waals surface area contributed by atoms with Crippen molar-refractivity contribution in [3.05, 3.63) is 0 Å². The number of nitrogens with one attached hydrogen (secondary N) is 2. The van der Waals surface area contributed by atoms with E-state index in [4.69, 9.17) is 0 Å². The SMILES string of the molecule is CCC(C)C(C)(O)CNC(=O)NCCC1CCN(C)CC1. The maximum absolute atomic E-state index is 11.8. The summed E-state index contributed by atoms with van der Waals surface area (Å²) in [5.74, 6) is 0.891. The van der Waals surface area contributed by atoms with Crippen molar-refractivity contribution < 1.29 is 9.90 Å². The molecule has 0 spiro atoms. The second-order valence-corrected chi connectivity index (χ2v) is 6.81. The molecule has 2 atom stereocenters. The van der Waals surface area contributed by atoms with E-state index in [9.17, 15) is 9.90 Å². The lowest BCUT2D eigenvalue weighted by atomic mass is 9.89. The molecule has 0 saturated carbocycles. The van der Waals surface area contributed by atoms with Gasteiger partial charge in [0.15, 0.2) is 0 Å². The minimum atomic E-state index is -0.847. The van der Waals surface area contributed by atoms with Gasteiger partial charge in [0, 0.05) is 13.1 Å². The third kappa shape index (κ3) is 6.66. The van der Waals surface area contributed by atoms with Crippen molar-refractivity contribution in [3.63, 3.8) is 0 Å². The maximum atomic E-state index is 11.8. The Morgan fingerprint density at radius 1 is 1.38 bits per heavy atom. The van der Waals surface area contributed by atoms with Crippen LogP contribution in [0.1, 0.15) is 46.5 Å². The second kappa shape index (κ2) is 8.59. The lowest BCUT2D eigenvalue weighted by molar-refractivity contribution is 0.00790. The van der Waals surface area contributed by atoms with Crippen LogP contribution in [0.4, 0.5) is 4.79 Å². The van der Waals surface area contributed by atoms with Gasteiger partial charge in [0.2, 0.25) is 0 Å². The van der Waals surface area contributed by atoms with Crippen LogP contribution in [0.2, 0.25) is 0 Å². The van der Waals surface area contributed by atoms with E-state index in [1.165, 1.54) is 12.8 Å². The average molecular weight is 299 g/mol. The zero-order valence-electron chi connectivity index (χ0n) is 14.1. The molecule has 1 heterocycles. The first-order chi connectivity index (χ1) is 9.85. The molecule has 3 N–H and O–H groups in total. The van der Waals surface area contributed by atoms with Gasteiger partial charge in [-0.05, 0) is 58.2 Å². The van der Waals surface area contributed by atoms with Crippen molar-refractivity contribution in [1.82, 2.24) is 15.5 Å². The molecular formula is C16H33N3O2. The van der Waals surface area contributed by atoms with E-state index in [1.807, 2.05) is 13.8 Å². The highest BCUT2D eigenvalue weighted by molar-refractivity contribution is 5.73. The maximum Gasteiger partial charge on any atom is 0.314 e. The summed E-state index contributed by atoms with van der Waals surface area (Å²) in [5, 5.41) is 15.9. The Kier molecular flexibility index (Phi) is 7.46. The molecule has 2 unspecified atom stereocenters. The van der Waals surface area contributed by atoms with Crippen molar-refractivity contribution in [1.29, 1.82) is 0 Å². The molecule has 1 aliphatic heterocycles. The highest BCUT2D eigenvalue weighted by atomic mass is 16.3. The number of hydrogen-bond donors (Lipinski definition) is 3. The molecule has 0 radical (unpaired) electrons. The predicted octanol–water partition coefficient (Wildman–Crippen LogP) is 1.81. The topological polar surface area (TPSA) is 64.6 Å². The fraction of sp³-hybridized carbons (Fsp3) is 0.938. The third-order valence-electron chi connectivity index (χ3n) is 4.96. The summed E-state index contributed by atoms with van der Waals surface area (Å²) in [6.07, 6.45) is 4.39. The van der Waals surface area contributed by atoms with Gasteiger partial charge >= 0.3 is 6.03 Å². The Labute approximate surface area is 129 Å². The molecule has 2 amide bonds. The number of carbonyl (C=O) groups excluding carboxylic acids is 1. The molecule has 0 aliphatic carbocycles. The zero-order valence-corrected chi connectivity index (χ0v) is 14.1. The van der Waals surface area contributed by atoms with Crippen LogP contribution in [0.3, 0.4) is 0 Å². The molecule has 1 rings (SSSR count). The number of carbonyl (C=O) groups is 1. The Hall–Kier alpha value is -0.810. The van der Waals surface area contributed by atoms with Crippen LogP contribution >= 0.6 is 0 Å². The number of urea groups is 1. The first-order valence-corrected chi connectivity index (χ1v) is 8.27. The van der Waals surface area contributed by atoms with Gasteiger partial charge in [0.1, 0.15) is 0 Å². The lowest BCUT2D eigenvalue weighted by Crippen LogP contribution is -2.48. The van der Waals surface area contributed by atoms with Gasteiger partial charge in [0.05, 0.1) is 5.60 Å². The third-order valence-corrected chi connectivity index (χ3v) is 4.96. The normalized spacial score (nSPS) is 21.6. The molecule has 1 fully saturated rings. The summed E-state index contributed by atoms with van der Waals surface area (Å²) >= 11 is 0. The smallest absolute Gasteiger partial charge is 0.314 e. The molecule has 1 saturated heterocycles. The summed E-state index contributed by atoms with van der Waals surface area (Å²) in [4.78, 5) is 14.1. The van der Waals surface area contributed by atoms with Gasteiger partial charge in [-0.2, -0.15) is 0 Å². The first-order valence-electron chi connectivity index (χ1n) is 8.27. The van der Waals surface area contributed by atoms with E-state index in [0.29, 0.717) is 13.1 Å². The molecule has 0 aromatic carbocycles. The van der Waals surface area contributed by atoms with Crippen LogP contribution in [0, 0.1) is 11.8 Å². The van der Waals surface area contributed by atoms with Crippen molar-refractivity contribution in [2.24, 2.45) is 11.8 Å². The molecule has 5 nitrogen and oxygen atoms in total. The minimum absolute atomic E-state index is 0.164. The monoisotopic (exact) mass is 299 g/mol. The molecule has 0 bridgehead atoms. The second-order valence-electron chi connectivity index (χ2n) is 6.81. The van der Waals surface area contributed by atoms with E-state index in [1.54, 1.807) is 6.92 Å². The number of hydrogen-bond acceptors (Lipinski definition) is 3. The highest BCUT2D eigenvalue weighted by Gasteiger charge is 2.27. The zero-order chi connectivity index (χ0) is 15.9. The van der Waals surface area contributed by atoms with Gasteiger partial charge in [0.25, 0.3) is 0 Å². The number of amides is 2. The lowest BCUT2D eigenvalue weighted by Gasteiger charge is -2.30. The summed E-state index contributed by atoms with van der Waals surface area (Å²) < 4.78 is 0. The number of likely N-dealkylation sites (tertiary alicyclic amines) is 1. The van der Waals surface area contributed by atoms with E-state index < -0.39 is 5.60 Å². The van der Waals surface area contributed by atoms with Gasteiger partial charge in [-0.15, -0.1) is 0 Å². The van der Waals surface area contributed by atoms with Crippen molar-refractivity contribution in [2.75, 3.05) is 33.2 Å². The van der Waals surface area contributed by atoms with Crippen LogP contribution in [0.15, 0.2) is 0 Å². The molecule has 0 aromatic rings. The first kappa shape index (κ1) is 18.2. The predicted molar refractivity (Wildman–Crippen MR) is 86.3 cm³/mol. The fourth-order valence-electron chi connectivity index (χ4n) is 2.68. The minimum Gasteiger partial charge on any atom is -0.388 e. The number of nitrogens with zero attached hydrogens (tertiary/aromatic N) is 1. The molecule has 0 aromatic heterocycles. The van der Waals surface area contributed by atoms with Gasteiger partial charge in [-0.3, -0.25) is 0 Å². The van der Waals surface area contributed by atoms with Crippen molar-refractivity contribution >= 4 is 6.03 Å². The largest absolute Gasteiger partial charge is 0.388 e. The van der Waals surface area contributed by atoms with E-state index >= 15 is 0 Å². The summed E-state index contributed by atoms with van der Waals surface area (Å²) in [6.45, 7) is 9.15.